The number of hydrogen-bond donors (Lipinski definition) is 1. The van der Waals surface area contributed by atoms with Gasteiger partial charge in [-0.1, -0.05) is 67.9 Å². The first-order valence-corrected chi connectivity index (χ1v) is 14.3. The molecule has 0 bridgehead atoms. The van der Waals surface area contributed by atoms with Gasteiger partial charge in [0.15, 0.2) is 0 Å². The van der Waals surface area contributed by atoms with Crippen LogP contribution in [0.5, 0.6) is 0 Å². The first-order chi connectivity index (χ1) is 18.4. The highest BCUT2D eigenvalue weighted by Crippen LogP contribution is 2.27. The molecular weight excluding hydrogens is 517 g/mol. The van der Waals surface area contributed by atoms with Crippen molar-refractivity contribution < 1.29 is 22.4 Å². The van der Waals surface area contributed by atoms with Crippen molar-refractivity contribution in [2.45, 2.75) is 52.1 Å². The summed E-state index contributed by atoms with van der Waals surface area (Å²) in [5.41, 5.74) is 2.11. The Hall–Kier alpha value is -3.72. The van der Waals surface area contributed by atoms with Gasteiger partial charge in [-0.15, -0.1) is 0 Å². The summed E-state index contributed by atoms with van der Waals surface area (Å²) in [5.74, 6) is -1.37. The Morgan fingerprint density at radius 1 is 0.897 bits per heavy atom. The number of rotatable bonds is 11. The number of sulfonamides is 1. The van der Waals surface area contributed by atoms with Gasteiger partial charge >= 0.3 is 0 Å². The van der Waals surface area contributed by atoms with E-state index in [-0.39, 0.29) is 22.9 Å². The molecule has 208 valence electrons. The van der Waals surface area contributed by atoms with Crippen LogP contribution in [0, 0.1) is 25.6 Å². The highest BCUT2D eigenvalue weighted by atomic mass is 32.2. The summed E-state index contributed by atoms with van der Waals surface area (Å²) >= 11 is 0. The van der Waals surface area contributed by atoms with Crippen LogP contribution in [0.15, 0.2) is 77.7 Å². The number of benzene rings is 3. The Bertz CT molecular complexity index is 1410. The van der Waals surface area contributed by atoms with E-state index in [1.54, 1.807) is 56.3 Å². The average Bonchev–Trinajstić information content (AvgIpc) is 2.90. The van der Waals surface area contributed by atoms with Crippen LogP contribution in [0.4, 0.5) is 10.1 Å². The lowest BCUT2D eigenvalue weighted by atomic mass is 10.1. The largest absolute Gasteiger partial charge is 0.354 e. The van der Waals surface area contributed by atoms with Crippen molar-refractivity contribution in [2.24, 2.45) is 5.92 Å². The molecule has 0 heterocycles. The number of carbonyl (C=O) groups excluding carboxylic acids is 2. The van der Waals surface area contributed by atoms with Gasteiger partial charge in [0.25, 0.3) is 10.0 Å². The maximum absolute atomic E-state index is 14.6. The maximum atomic E-state index is 14.6. The van der Waals surface area contributed by atoms with E-state index < -0.39 is 40.2 Å². The quantitative estimate of drug-likeness (QED) is 0.369. The summed E-state index contributed by atoms with van der Waals surface area (Å²) in [6.45, 7) is 8.70. The maximum Gasteiger partial charge on any atom is 0.264 e. The van der Waals surface area contributed by atoms with Crippen LogP contribution in [0.25, 0.3) is 0 Å². The number of carbonyl (C=O) groups is 2. The topological polar surface area (TPSA) is 86.8 Å². The summed E-state index contributed by atoms with van der Waals surface area (Å²) in [7, 11) is -4.16. The van der Waals surface area contributed by atoms with Gasteiger partial charge in [-0.2, -0.15) is 0 Å². The fraction of sp³-hybridized carbons (Fsp3) is 0.333. The summed E-state index contributed by atoms with van der Waals surface area (Å²) in [6.07, 6.45) is 0. The molecule has 0 aliphatic rings. The Kier molecular flexibility index (Phi) is 9.86. The van der Waals surface area contributed by atoms with E-state index in [1.165, 1.54) is 35.2 Å². The zero-order chi connectivity index (χ0) is 28.7. The monoisotopic (exact) mass is 553 g/mol. The van der Waals surface area contributed by atoms with E-state index in [0.717, 1.165) is 9.87 Å². The second-order valence-electron chi connectivity index (χ2n) is 10.0. The highest BCUT2D eigenvalue weighted by Gasteiger charge is 2.33. The molecule has 1 N–H and O–H groups in total. The molecule has 3 aromatic rings. The van der Waals surface area contributed by atoms with Crippen LogP contribution < -0.4 is 9.62 Å². The molecule has 2 amide bonds. The zero-order valence-electron chi connectivity index (χ0n) is 23.0. The fourth-order valence-corrected chi connectivity index (χ4v) is 5.52. The third-order valence-corrected chi connectivity index (χ3v) is 8.20. The first kappa shape index (κ1) is 29.8. The lowest BCUT2D eigenvalue weighted by molar-refractivity contribution is -0.139. The molecule has 0 fully saturated rings. The summed E-state index contributed by atoms with van der Waals surface area (Å²) in [6, 6.07) is 18.3. The molecule has 7 nitrogen and oxygen atoms in total. The number of halogens is 1. The molecule has 0 aromatic heterocycles. The summed E-state index contributed by atoms with van der Waals surface area (Å²) in [4.78, 5) is 28.1. The smallest absolute Gasteiger partial charge is 0.264 e. The van der Waals surface area contributed by atoms with Gasteiger partial charge in [0.2, 0.25) is 11.8 Å². The van der Waals surface area contributed by atoms with E-state index in [9.17, 15) is 22.4 Å². The van der Waals surface area contributed by atoms with Crippen molar-refractivity contribution in [1.82, 2.24) is 10.2 Å². The summed E-state index contributed by atoms with van der Waals surface area (Å²) < 4.78 is 43.4. The molecule has 1 unspecified atom stereocenters. The van der Waals surface area contributed by atoms with E-state index in [4.69, 9.17) is 0 Å². The molecule has 0 radical (unpaired) electrons. The Morgan fingerprint density at radius 2 is 1.51 bits per heavy atom. The van der Waals surface area contributed by atoms with Crippen molar-refractivity contribution in [3.63, 3.8) is 0 Å². The molecule has 0 saturated heterocycles. The first-order valence-electron chi connectivity index (χ1n) is 12.9. The third-order valence-electron chi connectivity index (χ3n) is 6.42. The normalized spacial score (nSPS) is 12.2. The lowest BCUT2D eigenvalue weighted by Gasteiger charge is -2.32. The van der Waals surface area contributed by atoms with E-state index in [0.29, 0.717) is 17.8 Å². The second kappa shape index (κ2) is 12.9. The van der Waals surface area contributed by atoms with Gasteiger partial charge in [-0.05, 0) is 56.5 Å². The molecule has 3 rings (SSSR count). The van der Waals surface area contributed by atoms with Gasteiger partial charge in [-0.25, -0.2) is 12.8 Å². The number of para-hydroxylation sites is 1. The number of anilines is 1. The fourth-order valence-electron chi connectivity index (χ4n) is 4.04. The van der Waals surface area contributed by atoms with Crippen LogP contribution in [0.3, 0.4) is 0 Å². The van der Waals surface area contributed by atoms with Crippen molar-refractivity contribution in [3.8, 4) is 0 Å². The van der Waals surface area contributed by atoms with E-state index in [2.05, 4.69) is 5.32 Å². The second-order valence-corrected chi connectivity index (χ2v) is 11.9. The van der Waals surface area contributed by atoms with Crippen LogP contribution >= 0.6 is 0 Å². The Morgan fingerprint density at radius 3 is 2.13 bits per heavy atom. The lowest BCUT2D eigenvalue weighted by Crippen LogP contribution is -2.51. The SMILES string of the molecule is Cc1ccc(S(=O)(=O)N(CC(=O)N(Cc2ccccc2F)C(C)C(=O)NCC(C)C)c2ccccc2C)cc1. The summed E-state index contributed by atoms with van der Waals surface area (Å²) in [5, 5.41) is 2.81. The van der Waals surface area contributed by atoms with Crippen LogP contribution in [0.2, 0.25) is 0 Å². The van der Waals surface area contributed by atoms with Crippen molar-refractivity contribution in [1.29, 1.82) is 0 Å². The molecule has 1 atom stereocenters. The van der Waals surface area contributed by atoms with Gasteiger partial charge in [-0.3, -0.25) is 13.9 Å². The molecule has 0 aliphatic carbocycles. The van der Waals surface area contributed by atoms with Crippen LogP contribution in [-0.4, -0.2) is 44.3 Å². The number of nitrogens with zero attached hydrogens (tertiary/aromatic N) is 2. The number of hydrogen-bond acceptors (Lipinski definition) is 4. The molecule has 0 saturated carbocycles. The standard InChI is InChI=1S/C30H36FN3O4S/c1-21(2)18-32-30(36)24(5)33(19-25-11-7-8-12-27(25)31)29(35)20-34(28-13-9-6-10-23(28)4)39(37,38)26-16-14-22(3)15-17-26/h6-17,21,24H,18-20H2,1-5H3,(H,32,36). The molecule has 0 aliphatic heterocycles. The Balaban J connectivity index is 2.03. The van der Waals surface area contributed by atoms with E-state index >= 15 is 0 Å². The van der Waals surface area contributed by atoms with Gasteiger partial charge in [0.05, 0.1) is 10.6 Å². The molecule has 0 spiro atoms. The minimum absolute atomic E-state index is 0.0348. The number of nitrogens with one attached hydrogen (secondary N) is 1. The Labute approximate surface area is 230 Å². The van der Waals surface area contributed by atoms with Crippen molar-refractivity contribution in [2.75, 3.05) is 17.4 Å². The van der Waals surface area contributed by atoms with Crippen LogP contribution in [-0.2, 0) is 26.2 Å². The zero-order valence-corrected chi connectivity index (χ0v) is 23.8. The minimum atomic E-state index is -4.16. The number of amides is 2. The molecule has 3 aromatic carbocycles. The highest BCUT2D eigenvalue weighted by molar-refractivity contribution is 7.92. The van der Waals surface area contributed by atoms with Gasteiger partial charge in [0, 0.05) is 18.7 Å². The molecule has 39 heavy (non-hydrogen) atoms. The van der Waals surface area contributed by atoms with E-state index in [1.807, 2.05) is 20.8 Å². The predicted molar refractivity (Wildman–Crippen MR) is 151 cm³/mol. The molecule has 9 heteroatoms. The van der Waals surface area contributed by atoms with Gasteiger partial charge < -0.3 is 10.2 Å². The van der Waals surface area contributed by atoms with Crippen LogP contribution in [0.1, 0.15) is 37.5 Å². The van der Waals surface area contributed by atoms with Crippen molar-refractivity contribution in [3.05, 3.63) is 95.3 Å². The van der Waals surface area contributed by atoms with Gasteiger partial charge in [0.1, 0.15) is 18.4 Å². The predicted octanol–water partition coefficient (Wildman–Crippen LogP) is 4.83. The molecular formula is C30H36FN3O4S. The van der Waals surface area contributed by atoms with Crippen molar-refractivity contribution >= 4 is 27.5 Å². The number of aryl methyl sites for hydroxylation is 2. The minimum Gasteiger partial charge on any atom is -0.354 e. The third kappa shape index (κ3) is 7.44. The average molecular weight is 554 g/mol.